The summed E-state index contributed by atoms with van der Waals surface area (Å²) in [6.45, 7) is 10.9. The van der Waals surface area contributed by atoms with Crippen molar-refractivity contribution in [2.24, 2.45) is 5.92 Å². The first-order chi connectivity index (χ1) is 19.4. The van der Waals surface area contributed by atoms with Crippen LogP contribution in [0.25, 0.3) is 44.3 Å². The maximum Gasteiger partial charge on any atom is 0.181 e. The SMILES string of the molecule is CC(C)Cc1nc(-c2ccc3[nH]nc(-c4ccc5ccc(OCCCN6C(C)CCCC6C)cc5c4)c3c2)n[nH]1. The zero-order valence-corrected chi connectivity index (χ0v) is 24.1. The molecule has 0 amide bonds. The lowest BCUT2D eigenvalue weighted by Crippen LogP contribution is -2.44. The maximum absolute atomic E-state index is 6.20. The molecule has 2 N–H and O–H groups in total. The van der Waals surface area contributed by atoms with Crippen LogP contribution >= 0.6 is 0 Å². The molecule has 0 aliphatic carbocycles. The molecular formula is C33H40N6O. The Hall–Kier alpha value is -3.71. The van der Waals surface area contributed by atoms with E-state index < -0.39 is 0 Å². The summed E-state index contributed by atoms with van der Waals surface area (Å²) in [6.07, 6.45) is 5.89. The van der Waals surface area contributed by atoms with Crippen LogP contribution in [-0.4, -0.2) is 55.5 Å². The van der Waals surface area contributed by atoms with Gasteiger partial charge in [0, 0.05) is 41.6 Å². The second kappa shape index (κ2) is 11.4. The second-order valence-electron chi connectivity index (χ2n) is 11.8. The zero-order chi connectivity index (χ0) is 27.6. The van der Waals surface area contributed by atoms with Crippen LogP contribution in [-0.2, 0) is 6.42 Å². The van der Waals surface area contributed by atoms with Gasteiger partial charge in [-0.15, -0.1) is 0 Å². The molecule has 7 heteroatoms. The normalized spacial score (nSPS) is 18.2. The highest BCUT2D eigenvalue weighted by atomic mass is 16.5. The van der Waals surface area contributed by atoms with Gasteiger partial charge in [0.1, 0.15) is 11.6 Å². The molecule has 1 aliphatic rings. The van der Waals surface area contributed by atoms with Crippen molar-refractivity contribution in [3.63, 3.8) is 0 Å². The Balaban J connectivity index is 1.19. The van der Waals surface area contributed by atoms with E-state index in [0.29, 0.717) is 23.8 Å². The fourth-order valence-corrected chi connectivity index (χ4v) is 6.09. The van der Waals surface area contributed by atoms with Gasteiger partial charge in [0.25, 0.3) is 0 Å². The van der Waals surface area contributed by atoms with Crippen LogP contribution in [0, 0.1) is 5.92 Å². The number of likely N-dealkylation sites (tertiary alicyclic amines) is 1. The van der Waals surface area contributed by atoms with Gasteiger partial charge in [-0.1, -0.05) is 38.5 Å². The van der Waals surface area contributed by atoms with E-state index in [-0.39, 0.29) is 0 Å². The van der Waals surface area contributed by atoms with Crippen LogP contribution in [0.15, 0.2) is 54.6 Å². The first-order valence-corrected chi connectivity index (χ1v) is 14.8. The molecule has 2 unspecified atom stereocenters. The van der Waals surface area contributed by atoms with Crippen LogP contribution in [0.3, 0.4) is 0 Å². The topological polar surface area (TPSA) is 82.7 Å². The predicted molar refractivity (Wildman–Crippen MR) is 163 cm³/mol. The first-order valence-electron chi connectivity index (χ1n) is 14.8. The Kier molecular flexibility index (Phi) is 7.57. The number of nitrogens with one attached hydrogen (secondary N) is 2. The number of aromatic amines is 2. The van der Waals surface area contributed by atoms with E-state index in [2.05, 4.69) is 102 Å². The highest BCUT2D eigenvalue weighted by Crippen LogP contribution is 2.32. The minimum Gasteiger partial charge on any atom is -0.494 e. The molecule has 40 heavy (non-hydrogen) atoms. The number of H-pyrrole nitrogens is 2. The van der Waals surface area contributed by atoms with Crippen molar-refractivity contribution in [2.75, 3.05) is 13.2 Å². The summed E-state index contributed by atoms with van der Waals surface area (Å²) >= 11 is 0. The van der Waals surface area contributed by atoms with Crippen LogP contribution in [0.4, 0.5) is 0 Å². The lowest BCUT2D eigenvalue weighted by molar-refractivity contribution is 0.0961. The number of aromatic nitrogens is 5. The summed E-state index contributed by atoms with van der Waals surface area (Å²) in [4.78, 5) is 7.36. The van der Waals surface area contributed by atoms with E-state index in [1.54, 1.807) is 0 Å². The highest BCUT2D eigenvalue weighted by Gasteiger charge is 2.23. The number of ether oxygens (including phenoxy) is 1. The monoisotopic (exact) mass is 536 g/mol. The van der Waals surface area contributed by atoms with Gasteiger partial charge in [-0.2, -0.15) is 10.2 Å². The lowest BCUT2D eigenvalue weighted by atomic mass is 9.97. The molecule has 2 atom stereocenters. The van der Waals surface area contributed by atoms with Gasteiger partial charge in [-0.25, -0.2) is 4.98 Å². The number of nitrogens with zero attached hydrogens (tertiary/aromatic N) is 4. The van der Waals surface area contributed by atoms with Crippen LogP contribution in [0.2, 0.25) is 0 Å². The van der Waals surface area contributed by atoms with E-state index >= 15 is 0 Å². The smallest absolute Gasteiger partial charge is 0.181 e. The molecule has 0 radical (unpaired) electrons. The van der Waals surface area contributed by atoms with Gasteiger partial charge in [0.2, 0.25) is 0 Å². The summed E-state index contributed by atoms with van der Waals surface area (Å²) < 4.78 is 6.20. The van der Waals surface area contributed by atoms with Gasteiger partial charge in [-0.05, 0) is 86.2 Å². The fraction of sp³-hybridized carbons (Fsp3) is 0.424. The quantitative estimate of drug-likeness (QED) is 0.192. The van der Waals surface area contributed by atoms with E-state index in [1.165, 1.54) is 24.6 Å². The molecule has 1 saturated heterocycles. The molecule has 208 valence electrons. The van der Waals surface area contributed by atoms with Crippen molar-refractivity contribution in [1.82, 2.24) is 30.3 Å². The molecule has 0 spiro atoms. The van der Waals surface area contributed by atoms with Crippen molar-refractivity contribution in [3.05, 3.63) is 60.4 Å². The third-order valence-corrected chi connectivity index (χ3v) is 8.24. The molecule has 5 aromatic rings. The average Bonchev–Trinajstić information content (AvgIpc) is 3.58. The minimum absolute atomic E-state index is 0.523. The number of rotatable bonds is 9. The third kappa shape index (κ3) is 5.61. The number of piperidine rings is 1. The zero-order valence-electron chi connectivity index (χ0n) is 24.1. The number of fused-ring (bicyclic) bond motifs is 2. The van der Waals surface area contributed by atoms with E-state index in [4.69, 9.17) is 9.72 Å². The molecule has 3 aromatic carbocycles. The number of benzene rings is 3. The summed E-state index contributed by atoms with van der Waals surface area (Å²) in [5.41, 5.74) is 3.96. The van der Waals surface area contributed by atoms with E-state index in [1.807, 2.05) is 6.07 Å². The van der Waals surface area contributed by atoms with Gasteiger partial charge >= 0.3 is 0 Å². The second-order valence-corrected chi connectivity index (χ2v) is 11.8. The Morgan fingerprint density at radius 2 is 1.70 bits per heavy atom. The molecular weight excluding hydrogens is 496 g/mol. The Morgan fingerprint density at radius 1 is 0.900 bits per heavy atom. The van der Waals surface area contributed by atoms with E-state index in [9.17, 15) is 0 Å². The third-order valence-electron chi connectivity index (χ3n) is 8.24. The molecule has 1 fully saturated rings. The average molecular weight is 537 g/mol. The molecule has 7 nitrogen and oxygen atoms in total. The molecule has 6 rings (SSSR count). The summed E-state index contributed by atoms with van der Waals surface area (Å²) in [6, 6.07) is 20.4. The summed E-state index contributed by atoms with van der Waals surface area (Å²) in [5.74, 6) is 3.07. The van der Waals surface area contributed by atoms with Gasteiger partial charge < -0.3 is 4.74 Å². The number of hydrogen-bond acceptors (Lipinski definition) is 5. The Morgan fingerprint density at radius 3 is 2.52 bits per heavy atom. The van der Waals surface area contributed by atoms with Crippen LogP contribution in [0.1, 0.15) is 59.2 Å². The maximum atomic E-state index is 6.20. The van der Waals surface area contributed by atoms with Crippen molar-refractivity contribution in [2.45, 2.75) is 71.9 Å². The van der Waals surface area contributed by atoms with Gasteiger partial charge in [0.05, 0.1) is 17.8 Å². The minimum atomic E-state index is 0.523. The molecule has 2 aromatic heterocycles. The highest BCUT2D eigenvalue weighted by molar-refractivity contribution is 5.97. The van der Waals surface area contributed by atoms with E-state index in [0.717, 1.165) is 70.7 Å². The van der Waals surface area contributed by atoms with Crippen molar-refractivity contribution in [3.8, 4) is 28.4 Å². The fourth-order valence-electron chi connectivity index (χ4n) is 6.09. The number of hydrogen-bond donors (Lipinski definition) is 2. The predicted octanol–water partition coefficient (Wildman–Crippen LogP) is 7.40. The molecule has 0 saturated carbocycles. The Bertz CT molecular complexity index is 1590. The largest absolute Gasteiger partial charge is 0.494 e. The molecule has 1 aliphatic heterocycles. The Labute approximate surface area is 236 Å². The standard InChI is InChI=1S/C33H40N6O/c1-21(2)17-31-34-33(38-36-31)26-12-14-30-29(20-26)32(37-35-30)25-10-9-24-11-13-28(19-27(24)18-25)40-16-6-15-39-22(3)7-5-8-23(39)4/h9-14,18-23H,5-8,15-17H2,1-4H3,(H,35,37)(H,34,36,38). The van der Waals surface area contributed by atoms with Crippen molar-refractivity contribution < 1.29 is 4.74 Å². The van der Waals surface area contributed by atoms with Gasteiger partial charge in [-0.3, -0.25) is 15.1 Å². The van der Waals surface area contributed by atoms with Gasteiger partial charge in [0.15, 0.2) is 5.82 Å². The van der Waals surface area contributed by atoms with Crippen molar-refractivity contribution in [1.29, 1.82) is 0 Å². The van der Waals surface area contributed by atoms with Crippen molar-refractivity contribution >= 4 is 21.7 Å². The van der Waals surface area contributed by atoms with Crippen LogP contribution in [0.5, 0.6) is 5.75 Å². The summed E-state index contributed by atoms with van der Waals surface area (Å²) in [5, 5.41) is 18.8. The molecule has 3 heterocycles. The molecule has 0 bridgehead atoms. The van der Waals surface area contributed by atoms with Crippen LogP contribution < -0.4 is 4.74 Å². The lowest BCUT2D eigenvalue weighted by Gasteiger charge is -2.39. The summed E-state index contributed by atoms with van der Waals surface area (Å²) in [7, 11) is 0. The first kappa shape index (κ1) is 26.5.